The molecule has 1 aromatic rings. The maximum Gasteiger partial charge on any atom is 0.488 e. The summed E-state index contributed by atoms with van der Waals surface area (Å²) < 4.78 is 37.2. The van der Waals surface area contributed by atoms with Crippen LogP contribution in [0.25, 0.3) is 0 Å². The number of halogens is 1. The van der Waals surface area contributed by atoms with E-state index < -0.39 is 10.5 Å². The van der Waals surface area contributed by atoms with Crippen molar-refractivity contribution in [1.29, 1.82) is 0 Å². The zero-order chi connectivity index (χ0) is 12.3. The van der Waals surface area contributed by atoms with Crippen LogP contribution in [0.4, 0.5) is 3.89 Å². The van der Waals surface area contributed by atoms with E-state index in [1.54, 1.807) is 0 Å². The third-order valence-corrected chi connectivity index (χ3v) is 2.91. The molecule has 0 heterocycles. The Morgan fingerprint density at radius 1 is 1.44 bits per heavy atom. The highest BCUT2D eigenvalue weighted by Crippen LogP contribution is 2.24. The number of nitrogens with two attached hydrogens (primary N) is 1. The van der Waals surface area contributed by atoms with Crippen molar-refractivity contribution in [2.24, 2.45) is 5.73 Å². The molecule has 0 saturated carbocycles. The lowest BCUT2D eigenvalue weighted by Crippen LogP contribution is -2.06. The molecule has 0 unspecified atom stereocenters. The van der Waals surface area contributed by atoms with E-state index in [2.05, 4.69) is 16.8 Å². The predicted octanol–water partition coefficient (Wildman–Crippen LogP) is 1.48. The largest absolute Gasteiger partial charge is 0.488 e. The Labute approximate surface area is 99.4 Å². The molecule has 0 aliphatic heterocycles. The molecule has 0 bridgehead atoms. The molecule has 0 aromatic heterocycles. The first kappa shape index (κ1) is 13.3. The van der Waals surface area contributed by atoms with Crippen molar-refractivity contribution in [2.45, 2.75) is 19.2 Å². The van der Waals surface area contributed by atoms with Crippen LogP contribution in [0.1, 0.15) is 16.7 Å². The van der Waals surface area contributed by atoms with Gasteiger partial charge in [-0.3, -0.25) is 0 Å². The van der Waals surface area contributed by atoms with Crippen LogP contribution < -0.4 is 9.92 Å². The maximum atomic E-state index is 12.3. The third-order valence-electron chi connectivity index (χ3n) is 2.18. The third kappa shape index (κ3) is 3.36. The van der Waals surface area contributed by atoms with Gasteiger partial charge in [-0.15, -0.1) is 0 Å². The molecule has 1 aromatic carbocycles. The zero-order valence-corrected chi connectivity index (χ0v) is 10.3. The summed E-state index contributed by atoms with van der Waals surface area (Å²) in [6.45, 7) is 2.05. The van der Waals surface area contributed by atoms with Gasteiger partial charge in [-0.05, 0) is 35.7 Å². The average molecular weight is 265 g/mol. The summed E-state index contributed by atoms with van der Waals surface area (Å²) >= 11 is 4.09. The van der Waals surface area contributed by atoms with Gasteiger partial charge in [0, 0.05) is 12.3 Å². The summed E-state index contributed by atoms with van der Waals surface area (Å²) in [5.41, 5.74) is 7.84. The van der Waals surface area contributed by atoms with Crippen LogP contribution in [0.3, 0.4) is 0 Å². The summed E-state index contributed by atoms with van der Waals surface area (Å²) in [5, 5.41) is 0. The summed E-state index contributed by atoms with van der Waals surface area (Å²) in [7, 11) is -5.01. The SMILES string of the molecule is Cc1c(CN)cc(OS(=O)(=O)F)cc1CS. The van der Waals surface area contributed by atoms with E-state index in [0.717, 1.165) is 11.1 Å². The lowest BCUT2D eigenvalue weighted by atomic mass is 10.0. The molecule has 0 spiro atoms. The van der Waals surface area contributed by atoms with Gasteiger partial charge in [0.05, 0.1) is 0 Å². The molecule has 0 aliphatic rings. The highest BCUT2D eigenvalue weighted by Gasteiger charge is 2.13. The second-order valence-electron chi connectivity index (χ2n) is 3.21. The summed E-state index contributed by atoms with van der Waals surface area (Å²) in [6.07, 6.45) is 0. The molecule has 2 N–H and O–H groups in total. The Morgan fingerprint density at radius 3 is 2.44 bits per heavy atom. The second kappa shape index (κ2) is 5.03. The van der Waals surface area contributed by atoms with E-state index in [1.807, 2.05) is 6.92 Å². The van der Waals surface area contributed by atoms with Crippen LogP contribution in [0.15, 0.2) is 12.1 Å². The number of hydrogen-bond donors (Lipinski definition) is 2. The molecule has 90 valence electrons. The standard InChI is InChI=1S/C9H12FNO3S2/c1-6-7(4-11)2-9(3-8(6)5-15)14-16(10,12)13/h2-3,15H,4-5,11H2,1H3. The molecular weight excluding hydrogens is 253 g/mol. The van der Waals surface area contributed by atoms with Gasteiger partial charge >= 0.3 is 10.5 Å². The average Bonchev–Trinajstić information content (AvgIpc) is 2.18. The summed E-state index contributed by atoms with van der Waals surface area (Å²) in [4.78, 5) is 0. The first-order valence-electron chi connectivity index (χ1n) is 4.44. The first-order valence-corrected chi connectivity index (χ1v) is 6.39. The topological polar surface area (TPSA) is 69.4 Å². The van der Waals surface area contributed by atoms with Crippen molar-refractivity contribution in [3.8, 4) is 5.75 Å². The molecular formula is C9H12FNO3S2. The fourth-order valence-corrected chi connectivity index (χ4v) is 2.00. The minimum atomic E-state index is -5.01. The van der Waals surface area contributed by atoms with Crippen molar-refractivity contribution < 1.29 is 16.5 Å². The van der Waals surface area contributed by atoms with Gasteiger partial charge in [0.1, 0.15) is 5.75 Å². The summed E-state index contributed by atoms with van der Waals surface area (Å²) in [5.74, 6) is 0.306. The van der Waals surface area contributed by atoms with E-state index in [1.165, 1.54) is 12.1 Å². The number of benzene rings is 1. The number of hydrogen-bond acceptors (Lipinski definition) is 5. The highest BCUT2D eigenvalue weighted by atomic mass is 32.3. The van der Waals surface area contributed by atoms with E-state index in [4.69, 9.17) is 5.73 Å². The second-order valence-corrected chi connectivity index (χ2v) is 4.47. The van der Waals surface area contributed by atoms with Gasteiger partial charge in [-0.1, -0.05) is 3.89 Å². The van der Waals surface area contributed by atoms with Crippen LogP contribution in [-0.4, -0.2) is 8.42 Å². The van der Waals surface area contributed by atoms with Gasteiger partial charge in [0.2, 0.25) is 0 Å². The van der Waals surface area contributed by atoms with Crippen LogP contribution >= 0.6 is 12.6 Å². The van der Waals surface area contributed by atoms with Gasteiger partial charge in [-0.2, -0.15) is 21.0 Å². The zero-order valence-electron chi connectivity index (χ0n) is 8.60. The molecule has 0 fully saturated rings. The van der Waals surface area contributed by atoms with Crippen LogP contribution in [0, 0.1) is 6.92 Å². The van der Waals surface area contributed by atoms with E-state index in [-0.39, 0.29) is 12.3 Å². The number of thiol groups is 1. The molecule has 0 amide bonds. The van der Waals surface area contributed by atoms with E-state index >= 15 is 0 Å². The normalized spacial score (nSPS) is 11.5. The molecule has 0 aliphatic carbocycles. The van der Waals surface area contributed by atoms with Crippen molar-refractivity contribution >= 4 is 23.1 Å². The van der Waals surface area contributed by atoms with Crippen LogP contribution in [0.5, 0.6) is 5.75 Å². The molecule has 16 heavy (non-hydrogen) atoms. The van der Waals surface area contributed by atoms with Crippen molar-refractivity contribution in [1.82, 2.24) is 0 Å². The molecule has 0 saturated heterocycles. The van der Waals surface area contributed by atoms with Crippen molar-refractivity contribution in [2.75, 3.05) is 0 Å². The lowest BCUT2D eigenvalue weighted by molar-refractivity contribution is 0.439. The molecule has 4 nitrogen and oxygen atoms in total. The Hall–Kier alpha value is -0.790. The fourth-order valence-electron chi connectivity index (χ4n) is 1.35. The first-order chi connectivity index (χ1) is 7.37. The Bertz CT molecular complexity index is 463. The molecule has 7 heteroatoms. The highest BCUT2D eigenvalue weighted by molar-refractivity contribution is 7.81. The number of rotatable bonds is 4. The molecule has 1 rings (SSSR count). The van der Waals surface area contributed by atoms with Gasteiger partial charge in [-0.25, -0.2) is 0 Å². The van der Waals surface area contributed by atoms with E-state index in [9.17, 15) is 12.3 Å². The van der Waals surface area contributed by atoms with Crippen molar-refractivity contribution in [3.05, 3.63) is 28.8 Å². The molecule has 0 atom stereocenters. The van der Waals surface area contributed by atoms with E-state index in [0.29, 0.717) is 11.3 Å². The Kier molecular flexibility index (Phi) is 4.17. The smallest absolute Gasteiger partial charge is 0.358 e. The van der Waals surface area contributed by atoms with Crippen LogP contribution in [-0.2, 0) is 22.8 Å². The van der Waals surface area contributed by atoms with Gasteiger partial charge in [0.15, 0.2) is 0 Å². The quantitative estimate of drug-likeness (QED) is 0.639. The monoisotopic (exact) mass is 265 g/mol. The maximum absolute atomic E-state index is 12.3. The Balaban J connectivity index is 3.22. The van der Waals surface area contributed by atoms with Gasteiger partial charge in [0.25, 0.3) is 0 Å². The minimum Gasteiger partial charge on any atom is -0.358 e. The predicted molar refractivity (Wildman–Crippen MR) is 62.4 cm³/mol. The Morgan fingerprint density at radius 2 is 2.00 bits per heavy atom. The summed E-state index contributed by atoms with van der Waals surface area (Å²) in [6, 6.07) is 2.83. The fraction of sp³-hybridized carbons (Fsp3) is 0.333. The lowest BCUT2D eigenvalue weighted by Gasteiger charge is -2.10. The minimum absolute atomic E-state index is 0.0856. The van der Waals surface area contributed by atoms with Crippen LogP contribution in [0.2, 0.25) is 0 Å². The van der Waals surface area contributed by atoms with Crippen molar-refractivity contribution in [3.63, 3.8) is 0 Å². The molecule has 0 radical (unpaired) electrons. The van der Waals surface area contributed by atoms with Gasteiger partial charge < -0.3 is 9.92 Å².